The van der Waals surface area contributed by atoms with E-state index in [9.17, 15) is 14.7 Å². The van der Waals surface area contributed by atoms with Gasteiger partial charge in [0.1, 0.15) is 11.9 Å². The first kappa shape index (κ1) is 23.8. The maximum absolute atomic E-state index is 12.5. The van der Waals surface area contributed by atoms with Crippen LogP contribution in [0.1, 0.15) is 31.4 Å². The van der Waals surface area contributed by atoms with E-state index in [1.54, 1.807) is 42.1 Å². The van der Waals surface area contributed by atoms with Gasteiger partial charge in [0.05, 0.1) is 0 Å². The van der Waals surface area contributed by atoms with Crippen molar-refractivity contribution in [3.05, 3.63) is 64.7 Å². The van der Waals surface area contributed by atoms with Gasteiger partial charge in [0.15, 0.2) is 0 Å². The van der Waals surface area contributed by atoms with Crippen LogP contribution in [-0.2, 0) is 9.53 Å². The largest absolute Gasteiger partial charge is 0.508 e. The van der Waals surface area contributed by atoms with Crippen LogP contribution in [0, 0.1) is 5.92 Å². The smallest absolute Gasteiger partial charge is 0.412 e. The van der Waals surface area contributed by atoms with Crippen molar-refractivity contribution in [1.29, 1.82) is 0 Å². The molecular weight excluding hydrogens is 470 g/mol. The maximum atomic E-state index is 12.5. The molecule has 0 radical (unpaired) electrons. The minimum absolute atomic E-state index is 0.0215. The molecule has 0 heterocycles. The first-order valence-electron chi connectivity index (χ1n) is 9.29. The average Bonchev–Trinajstić information content (AvgIpc) is 2.71. The molecule has 0 aromatic heterocycles. The third-order valence-corrected chi connectivity index (χ3v) is 5.67. The topological polar surface area (TPSA) is 95.9 Å². The third-order valence-electron chi connectivity index (χ3n) is 4.43. The highest BCUT2D eigenvalue weighted by Gasteiger charge is 2.26. The van der Waals surface area contributed by atoms with Crippen LogP contribution in [0.25, 0.3) is 0 Å². The number of phenols is 1. The Hall–Kier alpha value is -2.45. The van der Waals surface area contributed by atoms with Crippen LogP contribution in [0.4, 0.5) is 10.5 Å². The molecule has 6 nitrogen and oxygen atoms in total. The van der Waals surface area contributed by atoms with Crippen LogP contribution in [0.3, 0.4) is 0 Å². The number of rotatable bonds is 9. The molecule has 160 valence electrons. The highest BCUT2D eigenvalue weighted by atomic mass is 79.9. The summed E-state index contributed by atoms with van der Waals surface area (Å²) in [6.07, 6.45) is 4.33. The van der Waals surface area contributed by atoms with Gasteiger partial charge in [-0.1, -0.05) is 28.9 Å². The summed E-state index contributed by atoms with van der Waals surface area (Å²) in [7, 11) is 0. The molecule has 30 heavy (non-hydrogen) atoms. The van der Waals surface area contributed by atoms with Gasteiger partial charge < -0.3 is 14.9 Å². The number of halogens is 1. The number of aliphatic carboxylic acids is 1. The number of phenolic OH excluding ortho intramolecular Hbond substituents is 1. The van der Waals surface area contributed by atoms with Crippen molar-refractivity contribution in [2.24, 2.45) is 5.92 Å². The van der Waals surface area contributed by atoms with Crippen LogP contribution < -0.4 is 5.32 Å². The Kier molecular flexibility index (Phi) is 9.26. The Morgan fingerprint density at radius 3 is 2.57 bits per heavy atom. The zero-order chi connectivity index (χ0) is 22.1. The number of carbonyl (C=O) groups is 2. The number of amides is 1. The van der Waals surface area contributed by atoms with E-state index in [2.05, 4.69) is 21.2 Å². The molecule has 0 saturated heterocycles. The van der Waals surface area contributed by atoms with E-state index >= 15 is 0 Å². The van der Waals surface area contributed by atoms with Crippen molar-refractivity contribution in [2.45, 2.75) is 30.8 Å². The van der Waals surface area contributed by atoms with Gasteiger partial charge in [-0.15, -0.1) is 11.8 Å². The van der Waals surface area contributed by atoms with Crippen molar-refractivity contribution >= 4 is 45.4 Å². The summed E-state index contributed by atoms with van der Waals surface area (Å²) < 4.78 is 6.44. The van der Waals surface area contributed by atoms with Crippen LogP contribution in [0.5, 0.6) is 5.75 Å². The number of hydrogen-bond acceptors (Lipinski definition) is 5. The molecule has 2 aromatic rings. The van der Waals surface area contributed by atoms with Crippen LogP contribution in [-0.4, -0.2) is 28.5 Å². The molecule has 0 fully saturated rings. The number of aromatic hydroxyl groups is 1. The number of allylic oxidation sites excluding steroid dienone is 1. The van der Waals surface area contributed by atoms with Gasteiger partial charge in [-0.05, 0) is 67.5 Å². The van der Waals surface area contributed by atoms with E-state index in [0.717, 1.165) is 15.4 Å². The zero-order valence-electron chi connectivity index (χ0n) is 16.7. The number of thioether (sulfide) groups is 1. The van der Waals surface area contributed by atoms with Crippen molar-refractivity contribution in [3.8, 4) is 5.75 Å². The average molecular weight is 494 g/mol. The number of hydrogen-bond donors (Lipinski definition) is 3. The standard InChI is InChI=1S/C22H24BrNO5S/c1-14(5-3-4-6-20(26)27)21(18-13-15(23)7-12-19(18)25)29-22(28)24-16-8-10-17(30-2)11-9-16/h4,6-14,21,25H,3,5H2,1-2H3,(H,24,28)(H,26,27)/b6-4+/t14-,21+/m0/s1. The lowest BCUT2D eigenvalue weighted by Crippen LogP contribution is -2.22. The number of nitrogens with one attached hydrogen (secondary N) is 1. The first-order valence-corrected chi connectivity index (χ1v) is 11.3. The van der Waals surface area contributed by atoms with Gasteiger partial charge in [0.2, 0.25) is 0 Å². The van der Waals surface area contributed by atoms with Gasteiger partial charge in [-0.25, -0.2) is 9.59 Å². The van der Waals surface area contributed by atoms with E-state index in [-0.39, 0.29) is 11.7 Å². The molecule has 2 atom stereocenters. The summed E-state index contributed by atoms with van der Waals surface area (Å²) in [6.45, 7) is 1.89. The van der Waals surface area contributed by atoms with E-state index < -0.39 is 18.2 Å². The molecule has 2 rings (SSSR count). The highest BCUT2D eigenvalue weighted by Crippen LogP contribution is 2.36. The molecule has 0 spiro atoms. The quantitative estimate of drug-likeness (QED) is 0.283. The third kappa shape index (κ3) is 7.42. The number of carbonyl (C=O) groups excluding carboxylic acids is 1. The molecule has 0 aliphatic rings. The lowest BCUT2D eigenvalue weighted by atomic mass is 9.92. The number of carboxylic acid groups (broad SMARTS) is 1. The predicted molar refractivity (Wildman–Crippen MR) is 122 cm³/mol. The van der Waals surface area contributed by atoms with Gasteiger partial charge in [-0.3, -0.25) is 5.32 Å². The summed E-state index contributed by atoms with van der Waals surface area (Å²) in [5.41, 5.74) is 1.08. The lowest BCUT2D eigenvalue weighted by molar-refractivity contribution is -0.131. The van der Waals surface area contributed by atoms with Crippen LogP contribution in [0.2, 0.25) is 0 Å². The second-order valence-electron chi connectivity index (χ2n) is 6.68. The number of ether oxygens (including phenoxy) is 1. The second-order valence-corrected chi connectivity index (χ2v) is 8.47. The summed E-state index contributed by atoms with van der Waals surface area (Å²) >= 11 is 4.99. The molecule has 0 aliphatic carbocycles. The van der Waals surface area contributed by atoms with Crippen LogP contribution >= 0.6 is 27.7 Å². The Bertz CT molecular complexity index is 901. The maximum Gasteiger partial charge on any atom is 0.412 e. The van der Waals surface area contributed by atoms with Gasteiger partial charge in [0.25, 0.3) is 0 Å². The molecule has 3 N–H and O–H groups in total. The molecular formula is C22H24BrNO5S. The molecule has 0 saturated carbocycles. The van der Waals surface area contributed by atoms with Gasteiger partial charge in [0, 0.05) is 26.7 Å². The van der Waals surface area contributed by atoms with Crippen molar-refractivity contribution in [1.82, 2.24) is 0 Å². The summed E-state index contributed by atoms with van der Waals surface area (Å²) in [4.78, 5) is 24.3. The normalized spacial score (nSPS) is 13.0. The van der Waals surface area contributed by atoms with Crippen LogP contribution in [0.15, 0.2) is 64.0 Å². The molecule has 1 amide bonds. The fourth-order valence-electron chi connectivity index (χ4n) is 2.87. The Morgan fingerprint density at radius 1 is 1.23 bits per heavy atom. The van der Waals surface area contributed by atoms with Crippen molar-refractivity contribution in [3.63, 3.8) is 0 Å². The Labute approximate surface area is 188 Å². The second kappa shape index (κ2) is 11.7. The van der Waals surface area contributed by atoms with E-state index in [0.29, 0.717) is 24.1 Å². The Morgan fingerprint density at radius 2 is 1.93 bits per heavy atom. The summed E-state index contributed by atoms with van der Waals surface area (Å²) in [5.74, 6) is -1.16. The molecule has 8 heteroatoms. The molecule has 2 aromatic carbocycles. The molecule has 0 aliphatic heterocycles. The number of benzene rings is 2. The van der Waals surface area contributed by atoms with Gasteiger partial charge >= 0.3 is 12.1 Å². The highest BCUT2D eigenvalue weighted by molar-refractivity contribution is 9.10. The fourth-order valence-corrected chi connectivity index (χ4v) is 3.66. The number of carboxylic acids is 1. The minimum Gasteiger partial charge on any atom is -0.508 e. The van der Waals surface area contributed by atoms with Crippen molar-refractivity contribution < 1.29 is 24.5 Å². The SMILES string of the molecule is CSc1ccc(NC(=O)O[C@@H](c2cc(Br)ccc2O)[C@@H](C)CC/C=C/C(=O)O)cc1. The van der Waals surface area contributed by atoms with Crippen molar-refractivity contribution in [2.75, 3.05) is 11.6 Å². The summed E-state index contributed by atoms with van der Waals surface area (Å²) in [5, 5.41) is 21.8. The van der Waals surface area contributed by atoms with E-state index in [1.165, 1.54) is 6.07 Å². The first-order chi connectivity index (χ1) is 14.3. The van der Waals surface area contributed by atoms with Gasteiger partial charge in [-0.2, -0.15) is 0 Å². The lowest BCUT2D eigenvalue weighted by Gasteiger charge is -2.25. The Balaban J connectivity index is 2.16. The van der Waals surface area contributed by atoms with E-state index in [4.69, 9.17) is 9.84 Å². The summed E-state index contributed by atoms with van der Waals surface area (Å²) in [6, 6.07) is 12.3. The fraction of sp³-hybridized carbons (Fsp3) is 0.273. The minimum atomic E-state index is -1.01. The molecule has 0 bridgehead atoms. The zero-order valence-corrected chi connectivity index (χ0v) is 19.1. The predicted octanol–water partition coefficient (Wildman–Crippen LogP) is 6.22. The molecule has 0 unspecified atom stereocenters. The number of anilines is 1. The monoisotopic (exact) mass is 493 g/mol. The van der Waals surface area contributed by atoms with E-state index in [1.807, 2.05) is 25.3 Å².